The highest BCUT2D eigenvalue weighted by atomic mass is 16.5. The lowest BCUT2D eigenvalue weighted by molar-refractivity contribution is 0.324. The molecule has 0 saturated heterocycles. The molecule has 0 fully saturated rings. The summed E-state index contributed by atoms with van der Waals surface area (Å²) in [5.74, 6) is 2.50. The van der Waals surface area contributed by atoms with E-state index in [0.29, 0.717) is 23.1 Å². The third-order valence-corrected chi connectivity index (χ3v) is 3.69. The Morgan fingerprint density at radius 2 is 1.56 bits per heavy atom. The second-order valence-electron chi connectivity index (χ2n) is 5.25. The van der Waals surface area contributed by atoms with Gasteiger partial charge in [0.25, 0.3) is 0 Å². The first-order valence-electron chi connectivity index (χ1n) is 7.56. The average Bonchev–Trinajstić information content (AvgIpc) is 3.09. The number of H-pyrrole nitrogens is 1. The molecule has 0 aliphatic carbocycles. The van der Waals surface area contributed by atoms with Crippen molar-refractivity contribution in [3.8, 4) is 34.3 Å². The lowest BCUT2D eigenvalue weighted by atomic mass is 10.1. The van der Waals surface area contributed by atoms with Crippen molar-refractivity contribution in [1.29, 1.82) is 0 Å². The number of nitrogens with one attached hydrogen (secondary N) is 2. The lowest BCUT2D eigenvalue weighted by Gasteiger charge is -2.14. The van der Waals surface area contributed by atoms with Gasteiger partial charge >= 0.3 is 0 Å². The van der Waals surface area contributed by atoms with Crippen LogP contribution in [0.25, 0.3) is 11.3 Å². The summed E-state index contributed by atoms with van der Waals surface area (Å²) < 4.78 is 16.0. The van der Waals surface area contributed by atoms with Crippen LogP contribution in [0.15, 0.2) is 42.5 Å². The monoisotopic (exact) mass is 341 g/mol. The van der Waals surface area contributed by atoms with Gasteiger partial charge in [-0.2, -0.15) is 5.10 Å². The molecule has 3 aromatic rings. The second kappa shape index (κ2) is 7.04. The minimum absolute atomic E-state index is 0.221. The van der Waals surface area contributed by atoms with Crippen molar-refractivity contribution >= 4 is 11.5 Å². The van der Waals surface area contributed by atoms with Gasteiger partial charge < -0.3 is 24.6 Å². The molecule has 0 atom stereocenters. The molecule has 0 bridgehead atoms. The van der Waals surface area contributed by atoms with Crippen molar-refractivity contribution in [3.63, 3.8) is 0 Å². The van der Waals surface area contributed by atoms with Crippen molar-refractivity contribution in [2.75, 3.05) is 26.6 Å². The van der Waals surface area contributed by atoms with Gasteiger partial charge in [0.1, 0.15) is 5.75 Å². The van der Waals surface area contributed by atoms with Crippen LogP contribution in [0, 0.1) is 0 Å². The van der Waals surface area contributed by atoms with Gasteiger partial charge in [-0.3, -0.25) is 5.10 Å². The van der Waals surface area contributed by atoms with E-state index in [4.69, 9.17) is 14.2 Å². The number of aromatic hydroxyl groups is 1. The first-order valence-corrected chi connectivity index (χ1v) is 7.56. The van der Waals surface area contributed by atoms with Crippen molar-refractivity contribution in [3.05, 3.63) is 42.5 Å². The molecule has 2 aromatic carbocycles. The summed E-state index contributed by atoms with van der Waals surface area (Å²) in [7, 11) is 4.70. The molecule has 0 unspecified atom stereocenters. The highest BCUT2D eigenvalue weighted by Gasteiger charge is 2.14. The minimum Gasteiger partial charge on any atom is -0.508 e. The first kappa shape index (κ1) is 16.5. The summed E-state index contributed by atoms with van der Waals surface area (Å²) in [6.07, 6.45) is 0. The van der Waals surface area contributed by atoms with Gasteiger partial charge in [-0.15, -0.1) is 0 Å². The number of phenols is 1. The van der Waals surface area contributed by atoms with Crippen molar-refractivity contribution < 1.29 is 19.3 Å². The summed E-state index contributed by atoms with van der Waals surface area (Å²) in [6.45, 7) is 0. The largest absolute Gasteiger partial charge is 0.508 e. The number of benzene rings is 2. The number of hydrogen-bond acceptors (Lipinski definition) is 6. The predicted octanol–water partition coefficient (Wildman–Crippen LogP) is 3.55. The van der Waals surface area contributed by atoms with Crippen LogP contribution in [-0.2, 0) is 0 Å². The number of ether oxygens (including phenoxy) is 3. The molecular formula is C18H19N3O4. The first-order chi connectivity index (χ1) is 12.1. The Labute approximate surface area is 145 Å². The van der Waals surface area contributed by atoms with Crippen LogP contribution in [0.4, 0.5) is 11.5 Å². The molecule has 0 aliphatic rings. The highest BCUT2D eigenvalue weighted by Crippen LogP contribution is 2.40. The number of phenolic OH excluding ortho intramolecular Hbond substituents is 1. The van der Waals surface area contributed by atoms with E-state index in [1.54, 1.807) is 45.6 Å². The van der Waals surface area contributed by atoms with E-state index in [1.807, 2.05) is 18.2 Å². The Balaban J connectivity index is 1.86. The van der Waals surface area contributed by atoms with E-state index in [2.05, 4.69) is 15.5 Å². The number of aromatic nitrogens is 2. The average molecular weight is 341 g/mol. The van der Waals surface area contributed by atoms with E-state index in [-0.39, 0.29) is 5.75 Å². The Morgan fingerprint density at radius 3 is 2.12 bits per heavy atom. The molecular weight excluding hydrogens is 322 g/mol. The quantitative estimate of drug-likeness (QED) is 0.635. The molecule has 7 heteroatoms. The maximum absolute atomic E-state index is 9.37. The summed E-state index contributed by atoms with van der Waals surface area (Å²) >= 11 is 0. The molecule has 0 aliphatic heterocycles. The summed E-state index contributed by atoms with van der Waals surface area (Å²) in [5.41, 5.74) is 2.50. The van der Waals surface area contributed by atoms with E-state index in [9.17, 15) is 5.11 Å². The topological polar surface area (TPSA) is 88.6 Å². The second-order valence-corrected chi connectivity index (χ2v) is 5.25. The third-order valence-electron chi connectivity index (χ3n) is 3.69. The lowest BCUT2D eigenvalue weighted by Crippen LogP contribution is -1.98. The maximum atomic E-state index is 9.37. The number of methoxy groups -OCH3 is 3. The van der Waals surface area contributed by atoms with Gasteiger partial charge in [0.15, 0.2) is 17.3 Å². The zero-order valence-corrected chi connectivity index (χ0v) is 14.2. The summed E-state index contributed by atoms with van der Waals surface area (Å²) in [6, 6.07) is 12.4. The third kappa shape index (κ3) is 3.45. The molecule has 3 N–H and O–H groups in total. The molecule has 0 amide bonds. The normalized spacial score (nSPS) is 10.4. The van der Waals surface area contributed by atoms with Gasteiger partial charge in [-0.05, 0) is 29.8 Å². The fraction of sp³-hybridized carbons (Fsp3) is 0.167. The fourth-order valence-corrected chi connectivity index (χ4v) is 2.48. The van der Waals surface area contributed by atoms with Gasteiger partial charge in [0, 0.05) is 23.9 Å². The number of rotatable bonds is 6. The molecule has 1 heterocycles. The van der Waals surface area contributed by atoms with Crippen LogP contribution in [0.2, 0.25) is 0 Å². The highest BCUT2D eigenvalue weighted by molar-refractivity contribution is 5.69. The van der Waals surface area contributed by atoms with Crippen LogP contribution in [-0.4, -0.2) is 36.6 Å². The smallest absolute Gasteiger partial charge is 0.203 e. The summed E-state index contributed by atoms with van der Waals surface area (Å²) in [5, 5.41) is 19.8. The number of aromatic amines is 1. The Bertz CT molecular complexity index is 834. The SMILES string of the molecule is COc1cc(Nc2cc(-c3ccc(O)cc3)[nH]n2)cc(OC)c1OC. The molecule has 0 saturated carbocycles. The Hall–Kier alpha value is -3.35. The number of hydrogen-bond donors (Lipinski definition) is 3. The molecule has 7 nitrogen and oxygen atoms in total. The Kier molecular flexibility index (Phi) is 4.65. The van der Waals surface area contributed by atoms with Crippen molar-refractivity contribution in [2.24, 2.45) is 0 Å². The zero-order valence-electron chi connectivity index (χ0n) is 14.2. The molecule has 3 rings (SSSR count). The standard InChI is InChI=1S/C18H19N3O4/c1-23-15-8-12(9-16(24-2)18(15)25-3)19-17-10-14(20-21-17)11-4-6-13(22)7-5-11/h4-10,22H,1-3H3,(H2,19,20,21). The fourth-order valence-electron chi connectivity index (χ4n) is 2.48. The summed E-state index contributed by atoms with van der Waals surface area (Å²) in [4.78, 5) is 0. The van der Waals surface area contributed by atoms with Gasteiger partial charge in [0.2, 0.25) is 5.75 Å². The minimum atomic E-state index is 0.221. The molecule has 0 spiro atoms. The van der Waals surface area contributed by atoms with Gasteiger partial charge in [0.05, 0.1) is 27.0 Å². The maximum Gasteiger partial charge on any atom is 0.203 e. The zero-order chi connectivity index (χ0) is 17.8. The van der Waals surface area contributed by atoms with Crippen LogP contribution >= 0.6 is 0 Å². The number of nitrogens with zero attached hydrogens (tertiary/aromatic N) is 1. The molecule has 25 heavy (non-hydrogen) atoms. The van der Waals surface area contributed by atoms with Crippen LogP contribution in [0.1, 0.15) is 0 Å². The van der Waals surface area contributed by atoms with Gasteiger partial charge in [-0.25, -0.2) is 0 Å². The van der Waals surface area contributed by atoms with E-state index < -0.39 is 0 Å². The molecule has 130 valence electrons. The molecule has 0 radical (unpaired) electrons. The number of anilines is 2. The predicted molar refractivity (Wildman–Crippen MR) is 95.1 cm³/mol. The van der Waals surface area contributed by atoms with Crippen molar-refractivity contribution in [2.45, 2.75) is 0 Å². The van der Waals surface area contributed by atoms with E-state index in [1.165, 1.54) is 0 Å². The van der Waals surface area contributed by atoms with Gasteiger partial charge in [-0.1, -0.05) is 0 Å². The van der Waals surface area contributed by atoms with Crippen molar-refractivity contribution in [1.82, 2.24) is 10.2 Å². The Morgan fingerprint density at radius 1 is 0.920 bits per heavy atom. The van der Waals surface area contributed by atoms with Crippen LogP contribution < -0.4 is 19.5 Å². The molecule has 1 aromatic heterocycles. The van der Waals surface area contributed by atoms with Crippen LogP contribution in [0.3, 0.4) is 0 Å². The van der Waals surface area contributed by atoms with E-state index >= 15 is 0 Å². The van der Waals surface area contributed by atoms with Crippen LogP contribution in [0.5, 0.6) is 23.0 Å². The van der Waals surface area contributed by atoms with E-state index in [0.717, 1.165) is 16.9 Å².